The van der Waals surface area contributed by atoms with Gasteiger partial charge in [-0.25, -0.2) is 9.78 Å². The number of carbonyl (C=O) groups excluding carboxylic acids is 1. The van der Waals surface area contributed by atoms with Crippen LogP contribution in [-0.2, 0) is 15.1 Å². The molecule has 4 nitrogen and oxygen atoms in total. The van der Waals surface area contributed by atoms with Crippen molar-refractivity contribution < 1.29 is 9.53 Å². The van der Waals surface area contributed by atoms with Gasteiger partial charge in [0, 0.05) is 17.6 Å². The van der Waals surface area contributed by atoms with Crippen molar-refractivity contribution in [3.63, 3.8) is 0 Å². The molecule has 5 heteroatoms. The molecule has 0 amide bonds. The van der Waals surface area contributed by atoms with Gasteiger partial charge in [0.25, 0.3) is 0 Å². The van der Waals surface area contributed by atoms with Crippen molar-refractivity contribution in [1.29, 1.82) is 0 Å². The van der Waals surface area contributed by atoms with Gasteiger partial charge in [-0.1, -0.05) is 25.7 Å². The van der Waals surface area contributed by atoms with E-state index in [1.807, 2.05) is 19.2 Å². The molecule has 1 saturated carbocycles. The van der Waals surface area contributed by atoms with Gasteiger partial charge in [-0.3, -0.25) is 5.32 Å². The molecule has 20 heavy (non-hydrogen) atoms. The molecular formula is C15H24N2O2S. The van der Waals surface area contributed by atoms with Crippen molar-refractivity contribution >= 4 is 17.3 Å². The number of carbonyl (C=O) groups is 1. The van der Waals surface area contributed by atoms with Gasteiger partial charge in [-0.2, -0.15) is 0 Å². The van der Waals surface area contributed by atoms with Crippen LogP contribution in [0.2, 0.25) is 0 Å². The van der Waals surface area contributed by atoms with Gasteiger partial charge in [0.15, 0.2) is 5.54 Å². The number of thiazole rings is 1. The lowest BCUT2D eigenvalue weighted by atomic mass is 9.99. The molecule has 0 saturated heterocycles. The van der Waals surface area contributed by atoms with Crippen molar-refractivity contribution in [2.75, 3.05) is 6.61 Å². The molecule has 0 aliphatic heterocycles. The molecule has 0 aromatic carbocycles. The van der Waals surface area contributed by atoms with E-state index in [1.165, 1.54) is 37.0 Å². The first-order valence-corrected chi connectivity index (χ1v) is 8.39. The van der Waals surface area contributed by atoms with Gasteiger partial charge in [-0.05, 0) is 26.7 Å². The molecule has 112 valence electrons. The zero-order valence-electron chi connectivity index (χ0n) is 12.4. The van der Waals surface area contributed by atoms with Crippen molar-refractivity contribution in [3.05, 3.63) is 16.6 Å². The fourth-order valence-electron chi connectivity index (χ4n) is 2.79. The Bertz CT molecular complexity index is 414. The highest BCUT2D eigenvalue weighted by Crippen LogP contribution is 2.28. The quantitative estimate of drug-likeness (QED) is 0.669. The maximum Gasteiger partial charge on any atom is 0.333 e. The Kier molecular flexibility index (Phi) is 5.54. The molecule has 1 aromatic heterocycles. The van der Waals surface area contributed by atoms with Crippen LogP contribution in [0.1, 0.15) is 57.4 Å². The van der Waals surface area contributed by atoms with Crippen LogP contribution in [0.5, 0.6) is 0 Å². The minimum absolute atomic E-state index is 0.223. The summed E-state index contributed by atoms with van der Waals surface area (Å²) in [5, 5.41) is 6.23. The van der Waals surface area contributed by atoms with Crippen LogP contribution in [-0.4, -0.2) is 23.6 Å². The van der Waals surface area contributed by atoms with Gasteiger partial charge in [0.1, 0.15) is 5.01 Å². The molecule has 0 spiro atoms. The van der Waals surface area contributed by atoms with E-state index in [-0.39, 0.29) is 5.97 Å². The van der Waals surface area contributed by atoms with E-state index < -0.39 is 5.54 Å². The zero-order chi connectivity index (χ0) is 14.4. The number of hydrogen-bond donors (Lipinski definition) is 1. The van der Waals surface area contributed by atoms with Crippen LogP contribution in [0.15, 0.2) is 11.6 Å². The van der Waals surface area contributed by atoms with Crippen molar-refractivity contribution in [2.45, 2.75) is 64.0 Å². The second-order valence-corrected chi connectivity index (χ2v) is 6.41. The highest BCUT2D eigenvalue weighted by atomic mass is 32.1. The Morgan fingerprint density at radius 1 is 1.45 bits per heavy atom. The van der Waals surface area contributed by atoms with E-state index in [9.17, 15) is 4.79 Å². The minimum atomic E-state index is -0.820. The number of rotatable bonds is 5. The first-order valence-electron chi connectivity index (χ1n) is 7.51. The molecular weight excluding hydrogens is 272 g/mol. The predicted octanol–water partition coefficient (Wildman–Crippen LogP) is 3.23. The standard InChI is InChI=1S/C15H24N2O2S/c1-3-19-14(18)15(2,13-16-10-11-20-13)17-12-8-6-4-5-7-9-12/h10-12,17H,3-9H2,1-2H3. The smallest absolute Gasteiger partial charge is 0.333 e. The highest BCUT2D eigenvalue weighted by Gasteiger charge is 2.40. The highest BCUT2D eigenvalue weighted by molar-refractivity contribution is 7.09. The number of hydrogen-bond acceptors (Lipinski definition) is 5. The number of aromatic nitrogens is 1. The van der Waals surface area contributed by atoms with Crippen LogP contribution >= 0.6 is 11.3 Å². The molecule has 0 bridgehead atoms. The van der Waals surface area contributed by atoms with E-state index in [4.69, 9.17) is 4.74 Å². The third-order valence-electron chi connectivity index (χ3n) is 3.89. The molecule has 1 unspecified atom stereocenters. The van der Waals surface area contributed by atoms with E-state index in [0.29, 0.717) is 12.6 Å². The SMILES string of the molecule is CCOC(=O)C(C)(NC1CCCCCC1)c1nccs1. The molecule has 2 rings (SSSR count). The summed E-state index contributed by atoms with van der Waals surface area (Å²) in [7, 11) is 0. The Morgan fingerprint density at radius 2 is 2.15 bits per heavy atom. The first kappa shape index (κ1) is 15.4. The average Bonchev–Trinajstić information content (AvgIpc) is 2.86. The van der Waals surface area contributed by atoms with Crippen LogP contribution in [0.25, 0.3) is 0 Å². The summed E-state index contributed by atoms with van der Waals surface area (Å²) >= 11 is 1.50. The lowest BCUT2D eigenvalue weighted by Gasteiger charge is -2.31. The number of ether oxygens (including phenoxy) is 1. The monoisotopic (exact) mass is 296 g/mol. The maximum atomic E-state index is 12.4. The molecule has 1 N–H and O–H groups in total. The van der Waals surface area contributed by atoms with Crippen molar-refractivity contribution in [1.82, 2.24) is 10.3 Å². The van der Waals surface area contributed by atoms with Crippen molar-refractivity contribution in [3.8, 4) is 0 Å². The molecule has 0 radical (unpaired) electrons. The van der Waals surface area contributed by atoms with E-state index in [0.717, 1.165) is 17.8 Å². The normalized spacial score (nSPS) is 20.1. The van der Waals surface area contributed by atoms with Gasteiger partial charge in [0.05, 0.1) is 6.61 Å². The second kappa shape index (κ2) is 7.18. The van der Waals surface area contributed by atoms with E-state index in [1.54, 1.807) is 6.20 Å². The Balaban J connectivity index is 2.15. The predicted molar refractivity (Wildman–Crippen MR) is 80.7 cm³/mol. The fraction of sp³-hybridized carbons (Fsp3) is 0.733. The average molecular weight is 296 g/mol. The topological polar surface area (TPSA) is 51.2 Å². The summed E-state index contributed by atoms with van der Waals surface area (Å²) in [5.41, 5.74) is -0.820. The number of nitrogens with zero attached hydrogens (tertiary/aromatic N) is 1. The third-order valence-corrected chi connectivity index (χ3v) is 4.89. The van der Waals surface area contributed by atoms with Crippen LogP contribution in [0.3, 0.4) is 0 Å². The van der Waals surface area contributed by atoms with Crippen molar-refractivity contribution in [2.24, 2.45) is 0 Å². The lowest BCUT2D eigenvalue weighted by molar-refractivity contribution is -0.151. The maximum absolute atomic E-state index is 12.4. The Morgan fingerprint density at radius 3 is 2.70 bits per heavy atom. The van der Waals surface area contributed by atoms with Gasteiger partial charge < -0.3 is 4.74 Å². The largest absolute Gasteiger partial charge is 0.464 e. The van der Waals surface area contributed by atoms with Gasteiger partial charge in [-0.15, -0.1) is 11.3 Å². The second-order valence-electron chi connectivity index (χ2n) is 5.52. The third kappa shape index (κ3) is 3.58. The molecule has 1 atom stereocenters. The summed E-state index contributed by atoms with van der Waals surface area (Å²) in [6.45, 7) is 4.13. The van der Waals surface area contributed by atoms with Gasteiger partial charge in [0.2, 0.25) is 0 Å². The van der Waals surface area contributed by atoms with Crippen LogP contribution in [0.4, 0.5) is 0 Å². The summed E-state index contributed by atoms with van der Waals surface area (Å²) in [6.07, 6.45) is 9.05. The molecule has 1 aromatic rings. The van der Waals surface area contributed by atoms with E-state index >= 15 is 0 Å². The summed E-state index contributed by atoms with van der Waals surface area (Å²) < 4.78 is 5.27. The zero-order valence-corrected chi connectivity index (χ0v) is 13.2. The molecule has 1 aliphatic carbocycles. The number of esters is 1. The van der Waals surface area contributed by atoms with Gasteiger partial charge >= 0.3 is 5.97 Å². The fourth-order valence-corrected chi connectivity index (χ4v) is 3.54. The lowest BCUT2D eigenvalue weighted by Crippen LogP contribution is -2.52. The first-order chi connectivity index (χ1) is 9.66. The molecule has 1 fully saturated rings. The summed E-state index contributed by atoms with van der Waals surface area (Å²) in [4.78, 5) is 16.7. The van der Waals surface area contributed by atoms with Crippen LogP contribution in [0, 0.1) is 0 Å². The minimum Gasteiger partial charge on any atom is -0.464 e. The van der Waals surface area contributed by atoms with E-state index in [2.05, 4.69) is 10.3 Å². The molecule has 1 aliphatic rings. The molecule has 1 heterocycles. The van der Waals surface area contributed by atoms with Crippen LogP contribution < -0.4 is 5.32 Å². The Labute approximate surface area is 124 Å². The Hall–Kier alpha value is -0.940. The summed E-state index contributed by atoms with van der Waals surface area (Å²) in [5.74, 6) is -0.223. The summed E-state index contributed by atoms with van der Waals surface area (Å²) in [6, 6.07) is 0.371. The number of nitrogens with one attached hydrogen (secondary N) is 1.